The fourth-order valence-corrected chi connectivity index (χ4v) is 1.50. The van der Waals surface area contributed by atoms with Gasteiger partial charge in [0, 0.05) is 6.20 Å². The summed E-state index contributed by atoms with van der Waals surface area (Å²) < 4.78 is 6.84. The molecule has 6 nitrogen and oxygen atoms in total. The molecule has 2 heterocycles. The van der Waals surface area contributed by atoms with Gasteiger partial charge in [0.05, 0.1) is 6.61 Å². The molecule has 0 unspecified atom stereocenters. The lowest BCUT2D eigenvalue weighted by Crippen LogP contribution is -2.32. The van der Waals surface area contributed by atoms with Crippen molar-refractivity contribution in [2.24, 2.45) is 0 Å². The van der Waals surface area contributed by atoms with E-state index < -0.39 is 17.5 Å². The highest BCUT2D eigenvalue weighted by Crippen LogP contribution is 2.27. The van der Waals surface area contributed by atoms with Gasteiger partial charge in [-0.05, 0) is 19.1 Å². The van der Waals surface area contributed by atoms with Crippen LogP contribution >= 0.6 is 0 Å². The molecule has 0 saturated heterocycles. The lowest BCUT2D eigenvalue weighted by Gasteiger charge is -2.22. The van der Waals surface area contributed by atoms with Crippen LogP contribution in [-0.2, 0) is 4.74 Å². The molecule has 1 aromatic rings. The third kappa shape index (κ3) is 1.84. The van der Waals surface area contributed by atoms with Gasteiger partial charge in [-0.15, -0.1) is 0 Å². The summed E-state index contributed by atoms with van der Waals surface area (Å²) in [6.07, 6.45) is 4.40. The zero-order chi connectivity index (χ0) is 11.8. The summed E-state index contributed by atoms with van der Waals surface area (Å²) in [5.41, 5.74) is 4.16. The van der Waals surface area contributed by atoms with E-state index in [0.717, 1.165) is 0 Å². The minimum Gasteiger partial charge on any atom is -0.393 e. The molecular formula is C10H13N3O3. The van der Waals surface area contributed by atoms with Crippen LogP contribution in [-0.4, -0.2) is 26.9 Å². The Bertz CT molecular complexity index is 482. The van der Waals surface area contributed by atoms with Crippen LogP contribution in [0.4, 0.5) is 5.82 Å². The Morgan fingerprint density at radius 3 is 3.06 bits per heavy atom. The number of hydrogen-bond donors (Lipinski definition) is 2. The largest absolute Gasteiger partial charge is 0.393 e. The average molecular weight is 223 g/mol. The van der Waals surface area contributed by atoms with E-state index in [-0.39, 0.29) is 12.4 Å². The number of nitrogens with zero attached hydrogens (tertiary/aromatic N) is 2. The fraction of sp³-hybridized carbons (Fsp3) is 0.400. The third-order valence-corrected chi connectivity index (χ3v) is 2.44. The maximum atomic E-state index is 11.5. The van der Waals surface area contributed by atoms with Crippen LogP contribution in [0.15, 0.2) is 29.2 Å². The molecule has 0 aliphatic carbocycles. The van der Waals surface area contributed by atoms with Crippen LogP contribution in [0.25, 0.3) is 0 Å². The number of rotatable bonds is 2. The molecular weight excluding hydrogens is 210 g/mol. The van der Waals surface area contributed by atoms with E-state index in [1.54, 1.807) is 19.1 Å². The molecule has 0 amide bonds. The van der Waals surface area contributed by atoms with Gasteiger partial charge in [-0.2, -0.15) is 4.98 Å². The van der Waals surface area contributed by atoms with Crippen molar-refractivity contribution in [2.45, 2.75) is 18.8 Å². The first kappa shape index (κ1) is 10.8. The van der Waals surface area contributed by atoms with E-state index in [4.69, 9.17) is 15.6 Å². The summed E-state index contributed by atoms with van der Waals surface area (Å²) in [6, 6.07) is 1.52. The van der Waals surface area contributed by atoms with Crippen molar-refractivity contribution in [1.29, 1.82) is 0 Å². The number of aliphatic hydroxyl groups excluding tert-OH is 1. The Hall–Kier alpha value is -1.66. The number of nitrogens with two attached hydrogens (primary N) is 1. The molecule has 86 valence electrons. The molecule has 1 aromatic heterocycles. The van der Waals surface area contributed by atoms with Crippen LogP contribution in [0.5, 0.6) is 0 Å². The van der Waals surface area contributed by atoms with Crippen molar-refractivity contribution in [2.75, 3.05) is 12.3 Å². The molecule has 1 aliphatic heterocycles. The standard InChI is InChI=1S/C10H13N3O3/c1-10(6-14)4-2-8(16-10)13-5-3-7(11)12-9(13)15/h2-5,8,14H,6H2,1H3,(H2,11,12,15)/t8-,10+/m1/s1. The number of nitrogen functional groups attached to an aromatic ring is 1. The molecule has 0 bridgehead atoms. The summed E-state index contributed by atoms with van der Waals surface area (Å²) in [5.74, 6) is 0.174. The van der Waals surface area contributed by atoms with E-state index >= 15 is 0 Å². The van der Waals surface area contributed by atoms with Gasteiger partial charge in [-0.25, -0.2) is 4.79 Å². The first-order valence-electron chi connectivity index (χ1n) is 4.87. The molecule has 0 saturated carbocycles. The minimum atomic E-state index is -0.745. The number of aliphatic hydroxyl groups is 1. The van der Waals surface area contributed by atoms with Gasteiger partial charge in [0.15, 0.2) is 6.23 Å². The van der Waals surface area contributed by atoms with Crippen LogP contribution in [0.1, 0.15) is 13.2 Å². The van der Waals surface area contributed by atoms with Crippen LogP contribution in [0.3, 0.4) is 0 Å². The maximum absolute atomic E-state index is 11.5. The molecule has 2 rings (SSSR count). The monoisotopic (exact) mass is 223 g/mol. The van der Waals surface area contributed by atoms with Gasteiger partial charge < -0.3 is 15.6 Å². The van der Waals surface area contributed by atoms with E-state index in [0.29, 0.717) is 0 Å². The normalized spacial score (nSPS) is 28.5. The van der Waals surface area contributed by atoms with Crippen molar-refractivity contribution >= 4 is 5.82 Å². The lowest BCUT2D eigenvalue weighted by molar-refractivity contribution is -0.0729. The predicted octanol–water partition coefficient (Wildman–Crippen LogP) is -0.338. The average Bonchev–Trinajstić information content (AvgIpc) is 2.62. The van der Waals surface area contributed by atoms with Crippen LogP contribution in [0, 0.1) is 0 Å². The van der Waals surface area contributed by atoms with Crippen LogP contribution in [0.2, 0.25) is 0 Å². The van der Waals surface area contributed by atoms with Crippen molar-refractivity contribution in [3.63, 3.8) is 0 Å². The predicted molar refractivity (Wildman–Crippen MR) is 57.7 cm³/mol. The van der Waals surface area contributed by atoms with Crippen LogP contribution < -0.4 is 11.4 Å². The fourth-order valence-electron chi connectivity index (χ4n) is 1.50. The Balaban J connectivity index is 2.29. The van der Waals surface area contributed by atoms with Gasteiger partial charge >= 0.3 is 5.69 Å². The highest BCUT2D eigenvalue weighted by atomic mass is 16.5. The summed E-state index contributed by atoms with van der Waals surface area (Å²) in [4.78, 5) is 15.1. The quantitative estimate of drug-likeness (QED) is 0.669. The topological polar surface area (TPSA) is 90.4 Å². The Labute approximate surface area is 92.0 Å². The molecule has 6 heteroatoms. The number of ether oxygens (including phenoxy) is 1. The summed E-state index contributed by atoms with van der Waals surface area (Å²) >= 11 is 0. The molecule has 16 heavy (non-hydrogen) atoms. The molecule has 0 radical (unpaired) electrons. The van der Waals surface area contributed by atoms with E-state index in [1.165, 1.54) is 16.8 Å². The lowest BCUT2D eigenvalue weighted by atomic mass is 10.1. The molecule has 0 aromatic carbocycles. The van der Waals surface area contributed by atoms with Gasteiger partial charge in [-0.3, -0.25) is 4.57 Å². The zero-order valence-electron chi connectivity index (χ0n) is 8.83. The second-order valence-electron chi connectivity index (χ2n) is 3.88. The molecule has 0 spiro atoms. The van der Waals surface area contributed by atoms with E-state index in [9.17, 15) is 4.79 Å². The van der Waals surface area contributed by atoms with E-state index in [2.05, 4.69) is 4.98 Å². The first-order valence-corrected chi connectivity index (χ1v) is 4.87. The zero-order valence-corrected chi connectivity index (χ0v) is 8.83. The number of anilines is 1. The molecule has 2 atom stereocenters. The number of aromatic nitrogens is 2. The molecule has 3 N–H and O–H groups in total. The third-order valence-electron chi connectivity index (χ3n) is 2.44. The summed E-state index contributed by atoms with van der Waals surface area (Å²) in [5, 5.41) is 9.10. The van der Waals surface area contributed by atoms with Crippen molar-refractivity contribution in [1.82, 2.24) is 9.55 Å². The second-order valence-corrected chi connectivity index (χ2v) is 3.88. The van der Waals surface area contributed by atoms with Gasteiger partial charge in [0.25, 0.3) is 0 Å². The smallest absolute Gasteiger partial charge is 0.351 e. The van der Waals surface area contributed by atoms with E-state index in [1.807, 2.05) is 0 Å². The van der Waals surface area contributed by atoms with Crippen molar-refractivity contribution in [3.8, 4) is 0 Å². The Morgan fingerprint density at radius 1 is 1.75 bits per heavy atom. The summed E-state index contributed by atoms with van der Waals surface area (Å²) in [6.45, 7) is 1.59. The van der Waals surface area contributed by atoms with Gasteiger partial charge in [0.2, 0.25) is 0 Å². The highest BCUT2D eigenvalue weighted by Gasteiger charge is 2.31. The Kier molecular flexibility index (Phi) is 2.53. The number of hydrogen-bond acceptors (Lipinski definition) is 5. The van der Waals surface area contributed by atoms with Gasteiger partial charge in [0.1, 0.15) is 11.4 Å². The SMILES string of the molecule is C[C@@]1(CO)C=C[C@H](n2ccc(N)nc2=O)O1. The second kappa shape index (κ2) is 3.73. The highest BCUT2D eigenvalue weighted by molar-refractivity contribution is 5.24. The first-order chi connectivity index (χ1) is 7.54. The Morgan fingerprint density at radius 2 is 2.50 bits per heavy atom. The molecule has 1 aliphatic rings. The molecule has 0 fully saturated rings. The minimum absolute atomic E-state index is 0.142. The van der Waals surface area contributed by atoms with Gasteiger partial charge in [-0.1, -0.05) is 6.08 Å². The van der Waals surface area contributed by atoms with Crippen molar-refractivity contribution < 1.29 is 9.84 Å². The maximum Gasteiger partial charge on any atom is 0.351 e. The summed E-state index contributed by atoms with van der Waals surface area (Å²) in [7, 11) is 0. The van der Waals surface area contributed by atoms with Crippen molar-refractivity contribution in [3.05, 3.63) is 34.9 Å².